The molecule has 8 nitrogen and oxygen atoms in total. The average molecular weight is 443 g/mol. The second-order valence-electron chi connectivity index (χ2n) is 8.23. The van der Waals surface area contributed by atoms with Crippen molar-refractivity contribution >= 4 is 21.6 Å². The molecule has 0 bridgehead atoms. The van der Waals surface area contributed by atoms with Crippen LogP contribution in [0.5, 0.6) is 0 Å². The molecule has 2 aliphatic heterocycles. The number of oxime groups is 1. The smallest absolute Gasteiger partial charge is 0.271 e. The zero-order chi connectivity index (χ0) is 22.1. The predicted octanol–water partition coefficient (Wildman–Crippen LogP) is 2.35. The lowest BCUT2D eigenvalue weighted by Crippen LogP contribution is -2.50. The van der Waals surface area contributed by atoms with E-state index in [0.29, 0.717) is 31.6 Å². The maximum Gasteiger partial charge on any atom is 0.271 e. The van der Waals surface area contributed by atoms with Gasteiger partial charge in [-0.2, -0.15) is 4.31 Å². The molecule has 1 atom stereocenters. The Bertz CT molecular complexity index is 1090. The van der Waals surface area contributed by atoms with Gasteiger partial charge < -0.3 is 9.74 Å². The SMILES string of the molecule is Cc1ccc(S(=O)(=O)N2CCC[C@]3(CC(C(=O)N(C)Cc4ccccn4)=NO3)C2)cc1. The summed E-state index contributed by atoms with van der Waals surface area (Å²) in [6.45, 7) is 2.87. The molecule has 0 N–H and O–H groups in total. The fourth-order valence-electron chi connectivity index (χ4n) is 4.00. The molecule has 3 heterocycles. The van der Waals surface area contributed by atoms with Gasteiger partial charge in [0.15, 0.2) is 5.60 Å². The molecule has 0 radical (unpaired) electrons. The van der Waals surface area contributed by atoms with Crippen molar-refractivity contribution in [1.29, 1.82) is 0 Å². The number of aryl methyl sites for hydroxylation is 1. The van der Waals surface area contributed by atoms with Crippen LogP contribution in [0.15, 0.2) is 58.7 Å². The van der Waals surface area contributed by atoms with Crippen LogP contribution < -0.4 is 0 Å². The third-order valence-corrected chi connectivity index (χ3v) is 7.58. The van der Waals surface area contributed by atoms with E-state index < -0.39 is 15.6 Å². The largest absolute Gasteiger partial charge is 0.387 e. The number of carbonyl (C=O) groups excluding carboxylic acids is 1. The van der Waals surface area contributed by atoms with Crippen molar-refractivity contribution in [3.63, 3.8) is 0 Å². The van der Waals surface area contributed by atoms with E-state index in [9.17, 15) is 13.2 Å². The van der Waals surface area contributed by atoms with Crippen LogP contribution in [0.4, 0.5) is 0 Å². The Kier molecular flexibility index (Phi) is 5.81. The molecule has 1 amide bonds. The summed E-state index contributed by atoms with van der Waals surface area (Å²) in [4.78, 5) is 24.6. The number of sulfonamides is 1. The maximum atomic E-state index is 13.1. The summed E-state index contributed by atoms with van der Waals surface area (Å²) in [5, 5.41) is 4.06. The van der Waals surface area contributed by atoms with Gasteiger partial charge in [0.2, 0.25) is 10.0 Å². The Morgan fingerprint density at radius 1 is 1.23 bits per heavy atom. The summed E-state index contributed by atoms with van der Waals surface area (Å²) < 4.78 is 27.7. The van der Waals surface area contributed by atoms with Gasteiger partial charge in [-0.05, 0) is 44.0 Å². The molecule has 0 unspecified atom stereocenters. The van der Waals surface area contributed by atoms with Gasteiger partial charge in [0.1, 0.15) is 5.71 Å². The summed E-state index contributed by atoms with van der Waals surface area (Å²) >= 11 is 0. The number of rotatable bonds is 5. The number of benzene rings is 1. The van der Waals surface area contributed by atoms with Crippen LogP contribution in [-0.2, 0) is 26.2 Å². The van der Waals surface area contributed by atoms with E-state index in [-0.39, 0.29) is 23.8 Å². The molecule has 9 heteroatoms. The predicted molar refractivity (Wildman–Crippen MR) is 116 cm³/mol. The third kappa shape index (κ3) is 4.47. The fraction of sp³-hybridized carbons (Fsp3) is 0.409. The normalized spacial score (nSPS) is 21.5. The third-order valence-electron chi connectivity index (χ3n) is 5.72. The quantitative estimate of drug-likeness (QED) is 0.709. The van der Waals surface area contributed by atoms with Crippen molar-refractivity contribution in [2.24, 2.45) is 5.16 Å². The van der Waals surface area contributed by atoms with E-state index >= 15 is 0 Å². The molecule has 4 rings (SSSR count). The standard InChI is InChI=1S/C22H26N4O4S/c1-17-7-9-19(10-8-17)31(28,29)26-13-5-11-22(16-26)14-20(24-30-22)21(27)25(2)15-18-6-3-4-12-23-18/h3-4,6-10,12H,5,11,13-16H2,1-2H3/t22-/m0/s1. The van der Waals surface area contributed by atoms with Crippen LogP contribution in [-0.4, -0.2) is 60.0 Å². The number of pyridine rings is 1. The first-order chi connectivity index (χ1) is 14.8. The molecule has 164 valence electrons. The molecule has 1 aromatic heterocycles. The van der Waals surface area contributed by atoms with Crippen LogP contribution in [0.2, 0.25) is 0 Å². The number of hydrogen-bond donors (Lipinski definition) is 0. The Balaban J connectivity index is 1.44. The fourth-order valence-corrected chi connectivity index (χ4v) is 5.56. The Morgan fingerprint density at radius 2 is 2.00 bits per heavy atom. The van der Waals surface area contributed by atoms with Crippen LogP contribution >= 0.6 is 0 Å². The maximum absolute atomic E-state index is 13.1. The van der Waals surface area contributed by atoms with E-state index in [2.05, 4.69) is 10.1 Å². The molecule has 2 aliphatic rings. The van der Waals surface area contributed by atoms with Crippen molar-refractivity contribution in [2.45, 2.75) is 43.2 Å². The second-order valence-corrected chi connectivity index (χ2v) is 10.2. The number of nitrogens with zero attached hydrogens (tertiary/aromatic N) is 4. The van der Waals surface area contributed by atoms with Crippen molar-refractivity contribution in [2.75, 3.05) is 20.1 Å². The number of hydrogen-bond acceptors (Lipinski definition) is 6. The summed E-state index contributed by atoms with van der Waals surface area (Å²) in [6, 6.07) is 12.4. The van der Waals surface area contributed by atoms with E-state index in [1.54, 1.807) is 42.4 Å². The second kappa shape index (κ2) is 8.39. The van der Waals surface area contributed by atoms with E-state index in [4.69, 9.17) is 4.84 Å². The average Bonchev–Trinajstić information content (AvgIpc) is 3.17. The van der Waals surface area contributed by atoms with E-state index in [1.807, 2.05) is 25.1 Å². The van der Waals surface area contributed by atoms with Crippen LogP contribution in [0.1, 0.15) is 30.5 Å². The lowest BCUT2D eigenvalue weighted by atomic mass is 9.89. The highest BCUT2D eigenvalue weighted by Crippen LogP contribution is 2.36. The summed E-state index contributed by atoms with van der Waals surface area (Å²) in [6.07, 6.45) is 3.27. The first kappa shape index (κ1) is 21.5. The van der Waals surface area contributed by atoms with Gasteiger partial charge in [0.25, 0.3) is 5.91 Å². The highest BCUT2D eigenvalue weighted by atomic mass is 32.2. The van der Waals surface area contributed by atoms with Gasteiger partial charge in [0, 0.05) is 26.2 Å². The van der Waals surface area contributed by atoms with Gasteiger partial charge in [-0.25, -0.2) is 8.42 Å². The highest BCUT2D eigenvalue weighted by molar-refractivity contribution is 7.89. The molecule has 1 aromatic carbocycles. The lowest BCUT2D eigenvalue weighted by molar-refractivity contribution is -0.123. The van der Waals surface area contributed by atoms with Gasteiger partial charge in [-0.3, -0.25) is 9.78 Å². The van der Waals surface area contributed by atoms with Crippen molar-refractivity contribution in [3.05, 3.63) is 59.9 Å². The number of amides is 1. The monoisotopic (exact) mass is 442 g/mol. The molecule has 0 aliphatic carbocycles. The molecule has 0 saturated carbocycles. The number of aromatic nitrogens is 1. The van der Waals surface area contributed by atoms with Crippen molar-refractivity contribution in [1.82, 2.24) is 14.2 Å². The summed E-state index contributed by atoms with van der Waals surface area (Å²) in [7, 11) is -1.94. The van der Waals surface area contributed by atoms with E-state index in [1.165, 1.54) is 4.31 Å². The Morgan fingerprint density at radius 3 is 2.71 bits per heavy atom. The van der Waals surface area contributed by atoms with Gasteiger partial charge in [-0.1, -0.05) is 28.9 Å². The minimum absolute atomic E-state index is 0.174. The zero-order valence-electron chi connectivity index (χ0n) is 17.7. The molecular formula is C22H26N4O4S. The summed E-state index contributed by atoms with van der Waals surface area (Å²) in [5.41, 5.74) is 1.29. The number of carbonyl (C=O) groups is 1. The molecule has 2 aromatic rings. The first-order valence-corrected chi connectivity index (χ1v) is 11.7. The van der Waals surface area contributed by atoms with Gasteiger partial charge in [0.05, 0.1) is 23.7 Å². The molecule has 31 heavy (non-hydrogen) atoms. The summed E-state index contributed by atoms with van der Waals surface area (Å²) in [5.74, 6) is -0.235. The minimum Gasteiger partial charge on any atom is -0.387 e. The first-order valence-electron chi connectivity index (χ1n) is 10.3. The molecular weight excluding hydrogens is 416 g/mol. The molecule has 1 spiro atoms. The zero-order valence-corrected chi connectivity index (χ0v) is 18.5. The Labute approximate surface area is 182 Å². The van der Waals surface area contributed by atoms with Crippen molar-refractivity contribution < 1.29 is 18.0 Å². The molecule has 1 fully saturated rings. The van der Waals surface area contributed by atoms with Crippen molar-refractivity contribution in [3.8, 4) is 0 Å². The molecule has 1 saturated heterocycles. The highest BCUT2D eigenvalue weighted by Gasteiger charge is 2.47. The topological polar surface area (TPSA) is 92.2 Å². The van der Waals surface area contributed by atoms with Gasteiger partial charge >= 0.3 is 0 Å². The number of piperidine rings is 1. The lowest BCUT2D eigenvalue weighted by Gasteiger charge is -2.37. The Hall–Kier alpha value is -2.78. The minimum atomic E-state index is -3.64. The van der Waals surface area contributed by atoms with E-state index in [0.717, 1.165) is 11.3 Å². The van der Waals surface area contributed by atoms with Gasteiger partial charge in [-0.15, -0.1) is 0 Å². The van der Waals surface area contributed by atoms with Crippen LogP contribution in [0, 0.1) is 6.92 Å². The van der Waals surface area contributed by atoms with Crippen LogP contribution in [0.3, 0.4) is 0 Å². The van der Waals surface area contributed by atoms with Crippen LogP contribution in [0.25, 0.3) is 0 Å².